The van der Waals surface area contributed by atoms with Crippen LogP contribution in [-0.2, 0) is 4.74 Å². The minimum absolute atomic E-state index is 0.399. The van der Waals surface area contributed by atoms with Crippen molar-refractivity contribution in [2.45, 2.75) is 38.1 Å². The standard InChI is InChI=1S/C14H28N2O/c1-4-8-17-12-14-6-5-7-16(14)11-13(9-14)10-15(2)3/h13H,4-12H2,1-3H3/t13?,14-/m0/s1. The summed E-state index contributed by atoms with van der Waals surface area (Å²) >= 11 is 0. The second kappa shape index (κ2) is 5.68. The van der Waals surface area contributed by atoms with E-state index in [1.54, 1.807) is 0 Å². The Morgan fingerprint density at radius 1 is 1.41 bits per heavy atom. The first-order valence-corrected chi connectivity index (χ1v) is 7.14. The van der Waals surface area contributed by atoms with Gasteiger partial charge in [-0.1, -0.05) is 6.92 Å². The number of fused-ring (bicyclic) bond motifs is 1. The summed E-state index contributed by atoms with van der Waals surface area (Å²) in [7, 11) is 4.37. The molecule has 3 heteroatoms. The molecule has 0 amide bonds. The first-order chi connectivity index (χ1) is 8.16. The normalized spacial score (nSPS) is 33.5. The molecule has 0 bridgehead atoms. The Kier molecular flexibility index (Phi) is 4.45. The van der Waals surface area contributed by atoms with Gasteiger partial charge in [-0.25, -0.2) is 0 Å². The zero-order chi connectivity index (χ0) is 12.3. The second-order valence-electron chi connectivity index (χ2n) is 6.16. The van der Waals surface area contributed by atoms with Gasteiger partial charge in [0.25, 0.3) is 0 Å². The molecule has 2 atom stereocenters. The lowest BCUT2D eigenvalue weighted by molar-refractivity contribution is 0.0354. The predicted molar refractivity (Wildman–Crippen MR) is 71.3 cm³/mol. The molecule has 2 aliphatic heterocycles. The van der Waals surface area contributed by atoms with E-state index in [0.29, 0.717) is 5.54 Å². The lowest BCUT2D eigenvalue weighted by Gasteiger charge is -2.31. The van der Waals surface area contributed by atoms with Crippen LogP contribution in [0.15, 0.2) is 0 Å². The average molecular weight is 240 g/mol. The van der Waals surface area contributed by atoms with Crippen LogP contribution in [0.5, 0.6) is 0 Å². The summed E-state index contributed by atoms with van der Waals surface area (Å²) in [5.41, 5.74) is 0.399. The molecule has 0 saturated carbocycles. The molecule has 0 spiro atoms. The quantitative estimate of drug-likeness (QED) is 0.659. The minimum atomic E-state index is 0.399. The van der Waals surface area contributed by atoms with Gasteiger partial charge in [-0.2, -0.15) is 0 Å². The van der Waals surface area contributed by atoms with Gasteiger partial charge in [-0.3, -0.25) is 4.90 Å². The van der Waals surface area contributed by atoms with Crippen molar-refractivity contribution in [3.63, 3.8) is 0 Å². The summed E-state index contributed by atoms with van der Waals surface area (Å²) in [6.07, 6.45) is 5.19. The van der Waals surface area contributed by atoms with Crippen LogP contribution in [0.2, 0.25) is 0 Å². The first kappa shape index (κ1) is 13.3. The fraction of sp³-hybridized carbons (Fsp3) is 1.00. The number of rotatable bonds is 6. The van der Waals surface area contributed by atoms with Gasteiger partial charge in [0, 0.05) is 25.2 Å². The molecule has 2 heterocycles. The van der Waals surface area contributed by atoms with E-state index < -0.39 is 0 Å². The van der Waals surface area contributed by atoms with Gasteiger partial charge in [0.15, 0.2) is 0 Å². The zero-order valence-corrected chi connectivity index (χ0v) is 11.7. The van der Waals surface area contributed by atoms with Gasteiger partial charge in [0.05, 0.1) is 6.61 Å². The van der Waals surface area contributed by atoms with Crippen LogP contribution in [0.4, 0.5) is 0 Å². The molecule has 2 saturated heterocycles. The van der Waals surface area contributed by atoms with Crippen molar-refractivity contribution in [3.8, 4) is 0 Å². The Balaban J connectivity index is 1.90. The Morgan fingerprint density at radius 3 is 2.94 bits per heavy atom. The van der Waals surface area contributed by atoms with Crippen molar-refractivity contribution in [1.29, 1.82) is 0 Å². The molecular formula is C14H28N2O. The Labute approximate surface area is 106 Å². The fourth-order valence-corrected chi connectivity index (χ4v) is 3.69. The third kappa shape index (κ3) is 3.01. The van der Waals surface area contributed by atoms with Crippen molar-refractivity contribution < 1.29 is 4.74 Å². The number of nitrogens with zero attached hydrogens (tertiary/aromatic N) is 2. The maximum Gasteiger partial charge on any atom is 0.0650 e. The predicted octanol–water partition coefficient (Wildman–Crippen LogP) is 1.83. The van der Waals surface area contributed by atoms with E-state index in [-0.39, 0.29) is 0 Å². The maximum atomic E-state index is 5.87. The van der Waals surface area contributed by atoms with Gasteiger partial charge in [0.1, 0.15) is 0 Å². The summed E-state index contributed by atoms with van der Waals surface area (Å²) in [5, 5.41) is 0. The van der Waals surface area contributed by atoms with E-state index in [0.717, 1.165) is 25.6 Å². The third-order valence-corrected chi connectivity index (χ3v) is 4.23. The van der Waals surface area contributed by atoms with Crippen LogP contribution in [0.3, 0.4) is 0 Å². The maximum absolute atomic E-state index is 5.87. The molecule has 2 aliphatic rings. The third-order valence-electron chi connectivity index (χ3n) is 4.23. The van der Waals surface area contributed by atoms with Crippen molar-refractivity contribution >= 4 is 0 Å². The van der Waals surface area contributed by atoms with Crippen molar-refractivity contribution in [3.05, 3.63) is 0 Å². The molecule has 0 aromatic carbocycles. The molecule has 3 nitrogen and oxygen atoms in total. The van der Waals surface area contributed by atoms with Crippen molar-refractivity contribution in [2.24, 2.45) is 5.92 Å². The molecule has 100 valence electrons. The Bertz CT molecular complexity index is 244. The molecule has 1 unspecified atom stereocenters. The van der Waals surface area contributed by atoms with E-state index in [4.69, 9.17) is 4.74 Å². The van der Waals surface area contributed by atoms with Gasteiger partial charge in [0.2, 0.25) is 0 Å². The van der Waals surface area contributed by atoms with Gasteiger partial charge in [-0.15, -0.1) is 0 Å². The summed E-state index contributed by atoms with van der Waals surface area (Å²) in [6, 6.07) is 0. The van der Waals surface area contributed by atoms with E-state index in [1.165, 1.54) is 38.9 Å². The molecular weight excluding hydrogens is 212 g/mol. The first-order valence-electron chi connectivity index (χ1n) is 7.14. The largest absolute Gasteiger partial charge is 0.380 e. The lowest BCUT2D eigenvalue weighted by Crippen LogP contribution is -2.42. The van der Waals surface area contributed by atoms with E-state index in [1.807, 2.05) is 0 Å². The fourth-order valence-electron chi connectivity index (χ4n) is 3.69. The van der Waals surface area contributed by atoms with Gasteiger partial charge >= 0.3 is 0 Å². The van der Waals surface area contributed by atoms with Crippen LogP contribution < -0.4 is 0 Å². The summed E-state index contributed by atoms with van der Waals surface area (Å²) in [5.74, 6) is 0.843. The van der Waals surface area contributed by atoms with Gasteiger partial charge in [-0.05, 0) is 52.2 Å². The Morgan fingerprint density at radius 2 is 2.24 bits per heavy atom. The molecule has 0 aliphatic carbocycles. The van der Waals surface area contributed by atoms with Crippen LogP contribution in [0.25, 0.3) is 0 Å². The number of hydrogen-bond acceptors (Lipinski definition) is 3. The lowest BCUT2D eigenvalue weighted by atomic mass is 9.90. The summed E-state index contributed by atoms with van der Waals surface area (Å²) in [6.45, 7) is 7.88. The van der Waals surface area contributed by atoms with E-state index in [2.05, 4.69) is 30.8 Å². The summed E-state index contributed by atoms with van der Waals surface area (Å²) in [4.78, 5) is 5.03. The van der Waals surface area contributed by atoms with Gasteiger partial charge < -0.3 is 9.64 Å². The Hall–Kier alpha value is -0.120. The van der Waals surface area contributed by atoms with Crippen molar-refractivity contribution in [2.75, 3.05) is 46.9 Å². The molecule has 2 fully saturated rings. The van der Waals surface area contributed by atoms with E-state index >= 15 is 0 Å². The molecule has 0 radical (unpaired) electrons. The van der Waals surface area contributed by atoms with Crippen LogP contribution in [0.1, 0.15) is 32.6 Å². The van der Waals surface area contributed by atoms with Crippen molar-refractivity contribution in [1.82, 2.24) is 9.80 Å². The average Bonchev–Trinajstić information content (AvgIpc) is 2.73. The number of hydrogen-bond donors (Lipinski definition) is 0. The highest BCUT2D eigenvalue weighted by Gasteiger charge is 2.48. The zero-order valence-electron chi connectivity index (χ0n) is 11.7. The highest BCUT2D eigenvalue weighted by atomic mass is 16.5. The number of ether oxygens (including phenoxy) is 1. The summed E-state index contributed by atoms with van der Waals surface area (Å²) < 4.78 is 5.87. The second-order valence-corrected chi connectivity index (χ2v) is 6.16. The molecule has 17 heavy (non-hydrogen) atoms. The molecule has 2 rings (SSSR count). The van der Waals surface area contributed by atoms with E-state index in [9.17, 15) is 0 Å². The van der Waals surface area contributed by atoms with Crippen LogP contribution in [0, 0.1) is 5.92 Å². The highest BCUT2D eigenvalue weighted by molar-refractivity contribution is 5.03. The SMILES string of the molecule is CCCOC[C@@]12CCCN1CC(CN(C)C)C2. The van der Waals surface area contributed by atoms with Crippen LogP contribution in [-0.4, -0.2) is 62.3 Å². The molecule has 0 N–H and O–H groups in total. The highest BCUT2D eigenvalue weighted by Crippen LogP contribution is 2.41. The van der Waals surface area contributed by atoms with Crippen LogP contribution >= 0.6 is 0 Å². The minimum Gasteiger partial charge on any atom is -0.380 e. The topological polar surface area (TPSA) is 15.7 Å². The smallest absolute Gasteiger partial charge is 0.0650 e. The monoisotopic (exact) mass is 240 g/mol. The molecule has 0 aromatic heterocycles. The molecule has 0 aromatic rings.